The highest BCUT2D eigenvalue weighted by Gasteiger charge is 2.31. The molecule has 0 unspecified atom stereocenters. The Hall–Kier alpha value is -2.98. The first-order valence-corrected chi connectivity index (χ1v) is 11.4. The molecule has 0 spiro atoms. The number of nitrogens with one attached hydrogen (secondary N) is 2. The molecule has 3 amide bonds. The molecule has 3 rings (SSSR count). The number of amides is 3. The van der Waals surface area contributed by atoms with Gasteiger partial charge in [-0.2, -0.15) is 4.98 Å². The lowest BCUT2D eigenvalue weighted by molar-refractivity contribution is -0.125. The van der Waals surface area contributed by atoms with Gasteiger partial charge in [-0.15, -0.1) is 0 Å². The fourth-order valence-electron chi connectivity index (χ4n) is 3.63. The molecule has 3 N–H and O–H groups in total. The van der Waals surface area contributed by atoms with Crippen molar-refractivity contribution in [1.82, 2.24) is 25.7 Å². The summed E-state index contributed by atoms with van der Waals surface area (Å²) in [6.07, 6.45) is -0.252. The van der Waals surface area contributed by atoms with Crippen molar-refractivity contribution in [3.8, 4) is 11.5 Å². The van der Waals surface area contributed by atoms with E-state index in [1.54, 1.807) is 4.90 Å². The van der Waals surface area contributed by atoms with Gasteiger partial charge in [0.25, 0.3) is 5.89 Å². The van der Waals surface area contributed by atoms with E-state index in [4.69, 9.17) is 9.26 Å². The molecule has 33 heavy (non-hydrogen) atoms. The maximum atomic E-state index is 13.1. The third-order valence-electron chi connectivity index (χ3n) is 5.50. The van der Waals surface area contributed by atoms with Crippen LogP contribution in [0.1, 0.15) is 45.5 Å². The van der Waals surface area contributed by atoms with Crippen LogP contribution in [0.5, 0.6) is 0 Å². The molecule has 1 saturated heterocycles. The van der Waals surface area contributed by atoms with Crippen LogP contribution in [0, 0.1) is 5.92 Å². The van der Waals surface area contributed by atoms with E-state index in [0.29, 0.717) is 45.0 Å². The first-order valence-electron chi connectivity index (χ1n) is 11.4. The average Bonchev–Trinajstić information content (AvgIpc) is 3.32. The molecule has 0 radical (unpaired) electrons. The molecule has 180 valence electrons. The van der Waals surface area contributed by atoms with Gasteiger partial charge >= 0.3 is 6.03 Å². The molecule has 1 aliphatic heterocycles. The van der Waals surface area contributed by atoms with Crippen LogP contribution >= 0.6 is 0 Å². The fraction of sp³-hybridized carbons (Fsp3) is 0.565. The summed E-state index contributed by atoms with van der Waals surface area (Å²) in [5.41, 5.74) is 0.739. The number of rotatable bonds is 9. The number of benzene rings is 1. The van der Waals surface area contributed by atoms with Crippen molar-refractivity contribution < 1.29 is 24.0 Å². The summed E-state index contributed by atoms with van der Waals surface area (Å²) >= 11 is 0. The van der Waals surface area contributed by atoms with Crippen LogP contribution in [-0.2, 0) is 9.53 Å². The van der Waals surface area contributed by atoms with Gasteiger partial charge in [0.1, 0.15) is 12.1 Å². The standard InChI is InChI=1S/C23H33N5O5/c1-4-17(19(29)20-26-22(33-27-20)16-8-6-5-7-9-16)24-21(30)18(14-15(2)3)25-23(31)28-10-12-32-13-11-28/h5-9,15,17-19,29H,4,10-14H2,1-3H3,(H,24,30)(H,25,31)/t17-,18-,19+/m0/s1. The normalized spacial score (nSPS) is 16.8. The van der Waals surface area contributed by atoms with E-state index in [0.717, 1.165) is 5.56 Å². The molecule has 0 bridgehead atoms. The molecule has 1 aromatic heterocycles. The lowest BCUT2D eigenvalue weighted by Crippen LogP contribution is -2.55. The molecule has 2 heterocycles. The summed E-state index contributed by atoms with van der Waals surface area (Å²) in [7, 11) is 0. The highest BCUT2D eigenvalue weighted by atomic mass is 16.5. The van der Waals surface area contributed by atoms with E-state index >= 15 is 0 Å². The number of aliphatic hydroxyl groups excluding tert-OH is 1. The van der Waals surface area contributed by atoms with Crippen LogP contribution in [0.25, 0.3) is 11.5 Å². The Morgan fingerprint density at radius 3 is 2.48 bits per heavy atom. The van der Waals surface area contributed by atoms with Crippen molar-refractivity contribution in [2.45, 2.75) is 51.8 Å². The highest BCUT2D eigenvalue weighted by molar-refractivity contribution is 5.87. The molecule has 1 aliphatic rings. The predicted molar refractivity (Wildman–Crippen MR) is 121 cm³/mol. The van der Waals surface area contributed by atoms with Crippen LogP contribution < -0.4 is 10.6 Å². The predicted octanol–water partition coefficient (Wildman–Crippen LogP) is 2.12. The van der Waals surface area contributed by atoms with Crippen molar-refractivity contribution in [3.63, 3.8) is 0 Å². The van der Waals surface area contributed by atoms with Crippen molar-refractivity contribution in [1.29, 1.82) is 0 Å². The smallest absolute Gasteiger partial charge is 0.318 e. The largest absolute Gasteiger partial charge is 0.383 e. The highest BCUT2D eigenvalue weighted by Crippen LogP contribution is 2.22. The van der Waals surface area contributed by atoms with Gasteiger partial charge < -0.3 is 29.9 Å². The van der Waals surface area contributed by atoms with E-state index in [2.05, 4.69) is 20.8 Å². The second-order valence-corrected chi connectivity index (χ2v) is 8.52. The van der Waals surface area contributed by atoms with Gasteiger partial charge in [0.15, 0.2) is 0 Å². The van der Waals surface area contributed by atoms with Crippen LogP contribution in [-0.4, -0.2) is 70.5 Å². The van der Waals surface area contributed by atoms with Gasteiger partial charge in [-0.25, -0.2) is 4.79 Å². The van der Waals surface area contributed by atoms with Crippen LogP contribution in [0.2, 0.25) is 0 Å². The van der Waals surface area contributed by atoms with Gasteiger partial charge in [-0.3, -0.25) is 4.79 Å². The van der Waals surface area contributed by atoms with Crippen molar-refractivity contribution >= 4 is 11.9 Å². The Labute approximate surface area is 193 Å². The molecule has 10 heteroatoms. The van der Waals surface area contributed by atoms with E-state index in [9.17, 15) is 14.7 Å². The molecule has 1 fully saturated rings. The van der Waals surface area contributed by atoms with Crippen molar-refractivity contribution in [2.75, 3.05) is 26.3 Å². The zero-order valence-corrected chi connectivity index (χ0v) is 19.4. The molecule has 2 aromatic rings. The van der Waals surface area contributed by atoms with Gasteiger partial charge in [-0.05, 0) is 30.9 Å². The Morgan fingerprint density at radius 1 is 1.15 bits per heavy atom. The fourth-order valence-corrected chi connectivity index (χ4v) is 3.63. The maximum absolute atomic E-state index is 13.1. The van der Waals surface area contributed by atoms with Gasteiger partial charge in [0, 0.05) is 18.7 Å². The van der Waals surface area contributed by atoms with Gasteiger partial charge in [0.2, 0.25) is 11.7 Å². The second kappa shape index (κ2) is 11.8. The van der Waals surface area contributed by atoms with Crippen molar-refractivity contribution in [2.24, 2.45) is 5.92 Å². The SMILES string of the molecule is CC[C@H](NC(=O)[C@H](CC(C)C)NC(=O)N1CCOCC1)[C@@H](O)c1noc(-c2ccccc2)n1. The lowest BCUT2D eigenvalue weighted by atomic mass is 10.0. The van der Waals surface area contributed by atoms with E-state index < -0.39 is 18.2 Å². The van der Waals surface area contributed by atoms with Crippen molar-refractivity contribution in [3.05, 3.63) is 36.2 Å². The van der Waals surface area contributed by atoms with Gasteiger partial charge in [0.05, 0.1) is 19.3 Å². The van der Waals surface area contributed by atoms with Crippen LogP contribution in [0.3, 0.4) is 0 Å². The number of hydrogen-bond donors (Lipinski definition) is 3. The third kappa shape index (κ3) is 6.75. The van der Waals surface area contributed by atoms with Crippen LogP contribution in [0.4, 0.5) is 4.79 Å². The number of urea groups is 1. The summed E-state index contributed by atoms with van der Waals surface area (Å²) in [6, 6.07) is 7.57. The summed E-state index contributed by atoms with van der Waals surface area (Å²) in [5, 5.41) is 20.4. The topological polar surface area (TPSA) is 130 Å². The summed E-state index contributed by atoms with van der Waals surface area (Å²) in [5.74, 6) is 0.212. The Morgan fingerprint density at radius 2 is 1.85 bits per heavy atom. The zero-order chi connectivity index (χ0) is 23.8. The second-order valence-electron chi connectivity index (χ2n) is 8.52. The molecule has 10 nitrogen and oxygen atoms in total. The first kappa shape index (κ1) is 24.7. The zero-order valence-electron chi connectivity index (χ0n) is 19.4. The number of carbonyl (C=O) groups is 2. The van der Waals surface area contributed by atoms with Crippen LogP contribution in [0.15, 0.2) is 34.9 Å². The first-order chi connectivity index (χ1) is 15.9. The molecule has 3 atom stereocenters. The molecular weight excluding hydrogens is 426 g/mol. The number of hydrogen-bond acceptors (Lipinski definition) is 7. The minimum atomic E-state index is -1.16. The van der Waals surface area contributed by atoms with Gasteiger partial charge in [-0.1, -0.05) is 44.1 Å². The summed E-state index contributed by atoms with van der Waals surface area (Å²) < 4.78 is 10.6. The van der Waals surface area contributed by atoms with E-state index in [-0.39, 0.29) is 23.7 Å². The number of aliphatic hydroxyl groups is 1. The molecule has 1 aromatic carbocycles. The Bertz CT molecular complexity index is 898. The summed E-state index contributed by atoms with van der Waals surface area (Å²) in [6.45, 7) is 7.74. The maximum Gasteiger partial charge on any atom is 0.318 e. The quantitative estimate of drug-likeness (QED) is 0.524. The minimum absolute atomic E-state index is 0.0961. The number of morpholine rings is 1. The third-order valence-corrected chi connectivity index (χ3v) is 5.50. The number of aromatic nitrogens is 2. The number of ether oxygens (including phenoxy) is 1. The van der Waals surface area contributed by atoms with E-state index in [1.165, 1.54) is 0 Å². The Kier molecular flexibility index (Phi) is 8.79. The molecular formula is C23H33N5O5. The monoisotopic (exact) mass is 459 g/mol. The molecule has 0 aliphatic carbocycles. The van der Waals surface area contributed by atoms with E-state index in [1.807, 2.05) is 51.1 Å². The average molecular weight is 460 g/mol. The number of nitrogens with zero attached hydrogens (tertiary/aromatic N) is 3. The summed E-state index contributed by atoms with van der Waals surface area (Å²) in [4.78, 5) is 31.7. The molecule has 0 saturated carbocycles. The number of carbonyl (C=O) groups excluding carboxylic acids is 2. The lowest BCUT2D eigenvalue weighted by Gasteiger charge is -2.30. The Balaban J connectivity index is 1.66. The minimum Gasteiger partial charge on any atom is -0.383 e.